The van der Waals surface area contributed by atoms with Crippen LogP contribution in [0.3, 0.4) is 0 Å². The minimum absolute atomic E-state index is 0.0791. The fraction of sp³-hybridized carbons (Fsp3) is 0.722. The highest BCUT2D eigenvalue weighted by Crippen LogP contribution is 2.36. The van der Waals surface area contributed by atoms with Gasteiger partial charge >= 0.3 is 0 Å². The van der Waals surface area contributed by atoms with Crippen molar-refractivity contribution in [3.05, 3.63) is 11.6 Å². The van der Waals surface area contributed by atoms with Gasteiger partial charge in [0.1, 0.15) is 24.6 Å². The Hall–Kier alpha value is -1.30. The molecule has 0 radical (unpaired) electrons. The molecule has 0 aliphatic carbocycles. The number of fused-ring (bicyclic) bond motifs is 1. The molecule has 1 aliphatic heterocycles. The molecule has 0 amide bonds. The smallest absolute Gasteiger partial charge is 0.207 e. The maximum Gasteiger partial charge on any atom is 0.207 e. The summed E-state index contributed by atoms with van der Waals surface area (Å²) < 4.78 is 9.28. The lowest BCUT2D eigenvalue weighted by molar-refractivity contribution is -0.0509. The van der Waals surface area contributed by atoms with E-state index in [1.54, 1.807) is 0 Å². The Morgan fingerprint density at radius 2 is 1.97 bits per heavy atom. The molecule has 29 heavy (non-hydrogen) atoms. The number of hydrogen-bond acceptors (Lipinski definition) is 8. The van der Waals surface area contributed by atoms with E-state index in [1.165, 1.54) is 30.2 Å². The molecule has 0 aromatic carbocycles. The van der Waals surface area contributed by atoms with Gasteiger partial charge in [0.15, 0.2) is 31.4 Å². The lowest BCUT2D eigenvalue weighted by Gasteiger charge is -2.34. The average Bonchev–Trinajstić information content (AvgIpc) is 3.17. The van der Waals surface area contributed by atoms with Gasteiger partial charge in [-0.15, -0.1) is 0 Å². The Morgan fingerprint density at radius 3 is 2.59 bits per heavy atom. The summed E-state index contributed by atoms with van der Waals surface area (Å²) in [5.41, 5.74) is 0.939. The van der Waals surface area contributed by atoms with Crippen LogP contribution >= 0.6 is 11.6 Å². The van der Waals surface area contributed by atoms with Gasteiger partial charge < -0.3 is 24.6 Å². The van der Waals surface area contributed by atoms with E-state index in [0.29, 0.717) is 17.0 Å². The summed E-state index contributed by atoms with van der Waals surface area (Å²) in [5.74, 6) is 0.690. The summed E-state index contributed by atoms with van der Waals surface area (Å²) in [4.78, 5) is 13.2. The first-order chi connectivity index (χ1) is 13.7. The molecule has 1 aliphatic rings. The molecule has 4 atom stereocenters. The van der Waals surface area contributed by atoms with Crippen molar-refractivity contribution < 1.29 is 20.1 Å². The number of anilines is 1. The fourth-order valence-electron chi connectivity index (χ4n) is 3.70. The van der Waals surface area contributed by atoms with Crippen LogP contribution in [0.15, 0.2) is 6.33 Å². The Balaban J connectivity index is 1.98. The van der Waals surface area contributed by atoms with Crippen molar-refractivity contribution in [1.29, 1.82) is 0 Å². The molecule has 1 fully saturated rings. The van der Waals surface area contributed by atoms with Crippen molar-refractivity contribution in [3.8, 4) is 0 Å². The topological polar surface area (TPSA) is 117 Å². The molecular weight excluding hydrogens is 414 g/mol. The van der Waals surface area contributed by atoms with Crippen LogP contribution < -0.4 is 4.57 Å². The number of hydrogen-bond donors (Lipinski definition) is 3. The number of nitrogens with zero attached hydrogens (tertiary/aromatic N) is 5. The predicted octanol–water partition coefficient (Wildman–Crippen LogP) is 1.92. The highest BCUT2D eigenvalue weighted by atomic mass is 35.5. The number of ether oxygens (including phenoxy) is 1. The van der Waals surface area contributed by atoms with Crippen LogP contribution in [0, 0.1) is 0 Å². The quantitative estimate of drug-likeness (QED) is 0.322. The van der Waals surface area contributed by atoms with Gasteiger partial charge in [0, 0.05) is 0 Å². The van der Waals surface area contributed by atoms with Crippen molar-refractivity contribution in [2.45, 2.75) is 69.9 Å². The number of halogens is 1. The molecule has 0 spiro atoms. The maximum atomic E-state index is 10.4. The monoisotopic (exact) mass is 443 g/mol. The van der Waals surface area contributed by atoms with E-state index in [9.17, 15) is 15.3 Å². The second kappa shape index (κ2) is 8.82. The average molecular weight is 444 g/mol. The summed E-state index contributed by atoms with van der Waals surface area (Å²) >= 11 is 6.39. The molecular formula is C18H30ClN5O4Si. The van der Waals surface area contributed by atoms with Crippen LogP contribution in [-0.2, 0) is 4.74 Å². The first-order valence-corrected chi connectivity index (χ1v) is 13.5. The summed E-state index contributed by atoms with van der Waals surface area (Å²) in [6.45, 7) is 6.36. The normalized spacial score (nSPS) is 25.1. The minimum Gasteiger partial charge on any atom is -0.394 e. The van der Waals surface area contributed by atoms with E-state index in [4.69, 9.17) is 16.3 Å². The van der Waals surface area contributed by atoms with E-state index >= 15 is 0 Å². The molecule has 3 N–H and O–H groups in total. The standard InChI is InChI=1S/C18H30ClN5O4Si/c1-5-6-7-8-29(3,4)23(2)15-12-16(21-10-20-15)24(18(19)22-12)17-14(27)13(26)11(9-25)28-17/h10-11,13-14,17,25-27H,5-9H2,1-4H3. The number of imidazole rings is 1. The number of aliphatic hydroxyl groups is 3. The zero-order valence-corrected chi connectivity index (χ0v) is 19.0. The van der Waals surface area contributed by atoms with Gasteiger partial charge in [-0.2, -0.15) is 0 Å². The highest BCUT2D eigenvalue weighted by molar-refractivity contribution is 6.81. The SMILES string of the molecule is CCCCC[Si](C)(C)N(C)c1ncnc2c1nc(Cl)n2C1OC(CO)C(O)C1O. The maximum absolute atomic E-state index is 10.4. The summed E-state index contributed by atoms with van der Waals surface area (Å²) in [7, 11) is 0.241. The van der Waals surface area contributed by atoms with Crippen LogP contribution in [0.4, 0.5) is 5.82 Å². The Bertz CT molecular complexity index is 851. The largest absolute Gasteiger partial charge is 0.394 e. The van der Waals surface area contributed by atoms with Gasteiger partial charge in [-0.25, -0.2) is 15.0 Å². The van der Waals surface area contributed by atoms with Crippen LogP contribution in [0.25, 0.3) is 11.2 Å². The molecule has 2 aromatic heterocycles. The second-order valence-electron chi connectivity index (χ2n) is 8.18. The van der Waals surface area contributed by atoms with Crippen molar-refractivity contribution in [2.75, 3.05) is 18.2 Å². The fourth-order valence-corrected chi connectivity index (χ4v) is 6.15. The molecule has 162 valence electrons. The van der Waals surface area contributed by atoms with Crippen molar-refractivity contribution in [1.82, 2.24) is 19.5 Å². The molecule has 11 heteroatoms. The van der Waals surface area contributed by atoms with E-state index < -0.39 is 39.4 Å². The molecule has 0 bridgehead atoms. The number of aliphatic hydroxyl groups excluding tert-OH is 3. The van der Waals surface area contributed by atoms with Crippen molar-refractivity contribution >= 4 is 36.8 Å². The van der Waals surface area contributed by atoms with Crippen LogP contribution in [0.1, 0.15) is 32.4 Å². The Kier molecular flexibility index (Phi) is 6.81. The van der Waals surface area contributed by atoms with Crippen LogP contribution in [0.5, 0.6) is 0 Å². The number of rotatable bonds is 8. The second-order valence-corrected chi connectivity index (χ2v) is 13.3. The summed E-state index contributed by atoms with van der Waals surface area (Å²) in [6, 6.07) is 1.13. The van der Waals surface area contributed by atoms with Gasteiger partial charge in [0.25, 0.3) is 0 Å². The van der Waals surface area contributed by atoms with E-state index in [1.807, 2.05) is 7.05 Å². The third-order valence-corrected chi connectivity index (χ3v) is 9.68. The lowest BCUT2D eigenvalue weighted by Crippen LogP contribution is -2.46. The third kappa shape index (κ3) is 4.14. The zero-order valence-electron chi connectivity index (χ0n) is 17.3. The highest BCUT2D eigenvalue weighted by Gasteiger charge is 2.45. The molecule has 0 saturated carbocycles. The van der Waals surface area contributed by atoms with Gasteiger partial charge in [-0.1, -0.05) is 39.3 Å². The van der Waals surface area contributed by atoms with Crippen LogP contribution in [0.2, 0.25) is 24.4 Å². The first kappa shape index (κ1) is 22.4. The van der Waals surface area contributed by atoms with E-state index in [2.05, 4.69) is 39.5 Å². The molecule has 3 heterocycles. The van der Waals surface area contributed by atoms with E-state index in [0.717, 1.165) is 6.04 Å². The summed E-state index contributed by atoms with van der Waals surface area (Å²) in [6.07, 6.45) is 0.600. The predicted molar refractivity (Wildman–Crippen MR) is 114 cm³/mol. The molecule has 9 nitrogen and oxygen atoms in total. The zero-order chi connectivity index (χ0) is 21.3. The molecule has 1 saturated heterocycles. The summed E-state index contributed by atoms with van der Waals surface area (Å²) in [5, 5.41) is 29.9. The van der Waals surface area contributed by atoms with Gasteiger partial charge in [0.2, 0.25) is 5.28 Å². The van der Waals surface area contributed by atoms with Crippen molar-refractivity contribution in [3.63, 3.8) is 0 Å². The number of unbranched alkanes of at least 4 members (excludes halogenated alkanes) is 2. The van der Waals surface area contributed by atoms with E-state index in [-0.39, 0.29) is 5.28 Å². The molecule has 3 rings (SSSR count). The Morgan fingerprint density at radius 1 is 1.24 bits per heavy atom. The van der Waals surface area contributed by atoms with Gasteiger partial charge in [-0.05, 0) is 24.7 Å². The lowest BCUT2D eigenvalue weighted by atomic mass is 10.1. The van der Waals surface area contributed by atoms with Crippen molar-refractivity contribution in [2.24, 2.45) is 0 Å². The van der Waals surface area contributed by atoms with Crippen LogP contribution in [-0.4, -0.2) is 75.0 Å². The first-order valence-electron chi connectivity index (χ1n) is 9.97. The molecule has 2 aromatic rings. The minimum atomic E-state index is -1.79. The number of aromatic nitrogens is 4. The van der Waals surface area contributed by atoms with Gasteiger partial charge in [-0.3, -0.25) is 4.57 Å². The van der Waals surface area contributed by atoms with Gasteiger partial charge in [0.05, 0.1) is 6.61 Å². The molecule has 4 unspecified atom stereocenters. The third-order valence-electron chi connectivity index (χ3n) is 5.80. The Labute approximate surface area is 176 Å².